The average Bonchev–Trinajstić information content (AvgIpc) is 3.31. The molecule has 2 atom stereocenters. The summed E-state index contributed by atoms with van der Waals surface area (Å²) in [5, 5.41) is 20.7. The van der Waals surface area contributed by atoms with Crippen LogP contribution < -0.4 is 10.8 Å². The number of nitrogens with one attached hydrogen (secondary N) is 2. The molecule has 0 saturated carbocycles. The van der Waals surface area contributed by atoms with E-state index in [1.807, 2.05) is 53.4 Å². The Bertz CT molecular complexity index is 1060. The van der Waals surface area contributed by atoms with Gasteiger partial charge in [0.2, 0.25) is 0 Å². The zero-order valence-corrected chi connectivity index (χ0v) is 16.2. The Hall–Kier alpha value is -3.86. The molecule has 0 bridgehead atoms. The molecule has 0 spiro atoms. The number of nitrogens with zero attached hydrogens (tertiary/aromatic N) is 1. The first kappa shape index (κ1) is 20.9. The minimum absolute atomic E-state index is 0.299. The SMILES string of the molecule is C[C@@H](O)[C@H](NC(=O)c1ccc(C#Cc2ccc(-n3cccc3)cc2)cc1)C(=O)NO. The lowest BCUT2D eigenvalue weighted by atomic mass is 10.1. The maximum atomic E-state index is 12.3. The average molecular weight is 403 g/mol. The molecule has 2 aromatic carbocycles. The maximum absolute atomic E-state index is 12.3. The molecule has 0 radical (unpaired) electrons. The third kappa shape index (κ3) is 5.14. The molecule has 0 fully saturated rings. The summed E-state index contributed by atoms with van der Waals surface area (Å²) >= 11 is 0. The molecule has 3 aromatic rings. The van der Waals surface area contributed by atoms with Gasteiger partial charge in [-0.2, -0.15) is 0 Å². The highest BCUT2D eigenvalue weighted by Crippen LogP contribution is 2.10. The number of aromatic nitrogens is 1. The molecule has 2 amide bonds. The molecule has 7 nitrogen and oxygen atoms in total. The number of hydroxylamine groups is 1. The number of amides is 2. The molecular formula is C23H21N3O4. The fourth-order valence-corrected chi connectivity index (χ4v) is 2.77. The van der Waals surface area contributed by atoms with Crippen molar-refractivity contribution in [3.8, 4) is 17.5 Å². The third-order valence-electron chi connectivity index (χ3n) is 4.43. The number of hydrogen-bond acceptors (Lipinski definition) is 4. The van der Waals surface area contributed by atoms with Crippen molar-refractivity contribution in [3.05, 3.63) is 89.7 Å². The van der Waals surface area contributed by atoms with Gasteiger partial charge in [0.05, 0.1) is 6.10 Å². The molecule has 3 rings (SSSR count). The second-order valence-electron chi connectivity index (χ2n) is 6.63. The third-order valence-corrected chi connectivity index (χ3v) is 4.43. The summed E-state index contributed by atoms with van der Waals surface area (Å²) in [5.74, 6) is 4.67. The van der Waals surface area contributed by atoms with Gasteiger partial charge in [-0.3, -0.25) is 14.8 Å². The van der Waals surface area contributed by atoms with Crippen molar-refractivity contribution in [1.82, 2.24) is 15.4 Å². The van der Waals surface area contributed by atoms with E-state index < -0.39 is 24.0 Å². The number of benzene rings is 2. The van der Waals surface area contributed by atoms with E-state index in [4.69, 9.17) is 5.21 Å². The van der Waals surface area contributed by atoms with Crippen molar-refractivity contribution in [2.75, 3.05) is 0 Å². The van der Waals surface area contributed by atoms with Gasteiger partial charge in [-0.05, 0) is 67.6 Å². The second kappa shape index (κ2) is 9.56. The van der Waals surface area contributed by atoms with Crippen LogP contribution in [0.2, 0.25) is 0 Å². The van der Waals surface area contributed by atoms with E-state index in [1.165, 1.54) is 12.4 Å². The lowest BCUT2D eigenvalue weighted by Crippen LogP contribution is -2.51. The molecule has 152 valence electrons. The summed E-state index contributed by atoms with van der Waals surface area (Å²) < 4.78 is 2.01. The van der Waals surface area contributed by atoms with Crippen molar-refractivity contribution in [3.63, 3.8) is 0 Å². The lowest BCUT2D eigenvalue weighted by Gasteiger charge is -2.19. The molecule has 4 N–H and O–H groups in total. The Kier molecular flexibility index (Phi) is 6.65. The van der Waals surface area contributed by atoms with Gasteiger partial charge in [0.1, 0.15) is 6.04 Å². The van der Waals surface area contributed by atoms with Crippen molar-refractivity contribution >= 4 is 11.8 Å². The predicted octanol–water partition coefficient (Wildman–Crippen LogP) is 1.86. The summed E-state index contributed by atoms with van der Waals surface area (Å²) in [4.78, 5) is 23.8. The van der Waals surface area contributed by atoms with Gasteiger partial charge in [0.15, 0.2) is 0 Å². The highest BCUT2D eigenvalue weighted by Gasteiger charge is 2.25. The van der Waals surface area contributed by atoms with Gasteiger partial charge >= 0.3 is 0 Å². The molecular weight excluding hydrogens is 382 g/mol. The molecule has 1 heterocycles. The highest BCUT2D eigenvalue weighted by molar-refractivity contribution is 5.97. The first-order valence-corrected chi connectivity index (χ1v) is 9.26. The van der Waals surface area contributed by atoms with Crippen LogP contribution in [-0.2, 0) is 4.79 Å². The highest BCUT2D eigenvalue weighted by atomic mass is 16.5. The van der Waals surface area contributed by atoms with Gasteiger partial charge in [0, 0.05) is 34.8 Å². The molecule has 0 unspecified atom stereocenters. The normalized spacial score (nSPS) is 12.2. The second-order valence-corrected chi connectivity index (χ2v) is 6.63. The van der Waals surface area contributed by atoms with Gasteiger partial charge < -0.3 is 15.0 Å². The zero-order chi connectivity index (χ0) is 21.5. The van der Waals surface area contributed by atoms with Crippen molar-refractivity contribution < 1.29 is 19.9 Å². The summed E-state index contributed by atoms with van der Waals surface area (Å²) in [5.41, 5.74) is 4.36. The largest absolute Gasteiger partial charge is 0.391 e. The maximum Gasteiger partial charge on any atom is 0.268 e. The van der Waals surface area contributed by atoms with Crippen LogP contribution in [0, 0.1) is 11.8 Å². The standard InChI is InChI=1S/C23H21N3O4/c1-16(27)21(23(29)25-30)24-22(28)19-10-6-17(7-11-19)4-5-18-8-12-20(13-9-18)26-14-2-3-15-26/h2-3,6-16,21,27,30H,1H3,(H,24,28)(H,25,29)/t16-,21+/m1/s1. The number of aliphatic hydroxyl groups excluding tert-OH is 1. The van der Waals surface area contributed by atoms with Crippen molar-refractivity contribution in [1.29, 1.82) is 0 Å². The molecule has 0 aliphatic rings. The summed E-state index contributed by atoms with van der Waals surface area (Å²) in [7, 11) is 0. The molecule has 30 heavy (non-hydrogen) atoms. The topological polar surface area (TPSA) is 104 Å². The van der Waals surface area contributed by atoms with Crippen LogP contribution in [0.4, 0.5) is 0 Å². The molecule has 0 aliphatic heterocycles. The Morgan fingerprint density at radius 2 is 1.47 bits per heavy atom. The predicted molar refractivity (Wildman–Crippen MR) is 111 cm³/mol. The van der Waals surface area contributed by atoms with Crippen molar-refractivity contribution in [2.45, 2.75) is 19.1 Å². The Morgan fingerprint density at radius 1 is 0.933 bits per heavy atom. The fraction of sp³-hybridized carbons (Fsp3) is 0.130. The smallest absolute Gasteiger partial charge is 0.268 e. The summed E-state index contributed by atoms with van der Waals surface area (Å²) in [6.07, 6.45) is 2.77. The van der Waals surface area contributed by atoms with Gasteiger partial charge in [-0.25, -0.2) is 5.48 Å². The first-order valence-electron chi connectivity index (χ1n) is 9.26. The van der Waals surface area contributed by atoms with E-state index in [-0.39, 0.29) is 0 Å². The molecule has 0 aliphatic carbocycles. The lowest BCUT2D eigenvalue weighted by molar-refractivity contribution is -0.133. The van der Waals surface area contributed by atoms with Gasteiger partial charge in [0.25, 0.3) is 11.8 Å². The Balaban J connectivity index is 1.66. The number of hydrogen-bond donors (Lipinski definition) is 4. The fourth-order valence-electron chi connectivity index (χ4n) is 2.77. The Labute approximate surface area is 173 Å². The van der Waals surface area contributed by atoms with E-state index in [9.17, 15) is 14.7 Å². The minimum atomic E-state index is -1.27. The zero-order valence-electron chi connectivity index (χ0n) is 16.2. The van der Waals surface area contributed by atoms with Gasteiger partial charge in [-0.15, -0.1) is 0 Å². The summed E-state index contributed by atoms with van der Waals surface area (Å²) in [6, 6.07) is 17.0. The molecule has 7 heteroatoms. The molecule has 0 saturated heterocycles. The minimum Gasteiger partial charge on any atom is -0.391 e. The monoisotopic (exact) mass is 403 g/mol. The number of rotatable bonds is 5. The van der Waals surface area contributed by atoms with E-state index in [2.05, 4.69) is 17.2 Å². The van der Waals surface area contributed by atoms with Crippen LogP contribution in [0.3, 0.4) is 0 Å². The van der Waals surface area contributed by atoms with Crippen molar-refractivity contribution in [2.24, 2.45) is 0 Å². The van der Waals surface area contributed by atoms with E-state index in [1.54, 1.807) is 24.3 Å². The van der Waals surface area contributed by atoms with Crippen LogP contribution in [0.25, 0.3) is 5.69 Å². The quantitative estimate of drug-likeness (QED) is 0.297. The van der Waals surface area contributed by atoms with Crippen LogP contribution in [0.5, 0.6) is 0 Å². The van der Waals surface area contributed by atoms with Crippen LogP contribution in [-0.4, -0.2) is 38.8 Å². The van der Waals surface area contributed by atoms with E-state index in [0.717, 1.165) is 16.8 Å². The van der Waals surface area contributed by atoms with Crippen LogP contribution in [0.15, 0.2) is 73.1 Å². The summed E-state index contributed by atoms with van der Waals surface area (Å²) in [6.45, 7) is 1.34. The first-order chi connectivity index (χ1) is 14.5. The number of carbonyl (C=O) groups is 2. The van der Waals surface area contributed by atoms with E-state index >= 15 is 0 Å². The Morgan fingerprint density at radius 3 is 1.97 bits per heavy atom. The van der Waals surface area contributed by atoms with Crippen LogP contribution in [0.1, 0.15) is 28.4 Å². The number of carbonyl (C=O) groups excluding carboxylic acids is 2. The van der Waals surface area contributed by atoms with Crippen LogP contribution >= 0.6 is 0 Å². The molecule has 1 aromatic heterocycles. The van der Waals surface area contributed by atoms with Gasteiger partial charge in [-0.1, -0.05) is 11.8 Å². The number of aliphatic hydroxyl groups is 1. The van der Waals surface area contributed by atoms with E-state index in [0.29, 0.717) is 5.56 Å².